The van der Waals surface area contributed by atoms with Crippen LogP contribution in [0.25, 0.3) is 0 Å². The molecule has 4 rings (SSSR count). The van der Waals surface area contributed by atoms with E-state index >= 15 is 0 Å². The minimum Gasteiger partial charge on any atom is -0.352 e. The second-order valence-electron chi connectivity index (χ2n) is 10.8. The van der Waals surface area contributed by atoms with Gasteiger partial charge >= 0.3 is 0 Å². The van der Waals surface area contributed by atoms with Crippen molar-refractivity contribution in [1.29, 1.82) is 0 Å². The highest BCUT2D eigenvalue weighted by Crippen LogP contribution is 2.30. The summed E-state index contributed by atoms with van der Waals surface area (Å²) >= 11 is 9.83. The van der Waals surface area contributed by atoms with Gasteiger partial charge in [0.2, 0.25) is 11.8 Å². The molecule has 44 heavy (non-hydrogen) atoms. The Hall–Kier alpha value is -3.66. The Morgan fingerprint density at radius 1 is 0.864 bits per heavy atom. The molecule has 4 aromatic rings. The van der Waals surface area contributed by atoms with Crippen molar-refractivity contribution in [3.05, 3.63) is 129 Å². The molecule has 0 bridgehead atoms. The lowest BCUT2D eigenvalue weighted by molar-refractivity contribution is -0.140. The van der Waals surface area contributed by atoms with Gasteiger partial charge in [-0.3, -0.25) is 13.9 Å². The van der Waals surface area contributed by atoms with Crippen molar-refractivity contribution >= 4 is 55.1 Å². The van der Waals surface area contributed by atoms with E-state index in [1.807, 2.05) is 68.4 Å². The predicted octanol–water partition coefficient (Wildman–Crippen LogP) is 6.77. The number of benzene rings is 4. The van der Waals surface area contributed by atoms with Gasteiger partial charge in [-0.05, 0) is 73.9 Å². The zero-order valence-electron chi connectivity index (χ0n) is 24.8. The van der Waals surface area contributed by atoms with E-state index in [1.165, 1.54) is 23.1 Å². The SMILES string of the molecule is Cc1ccc(Cl)cc1N(CC(=O)N(Cc1cccc(Br)c1)C(Cc1ccccc1)C(=O)NC(C)C)S(=O)(=O)c1ccccc1. The fourth-order valence-electron chi connectivity index (χ4n) is 4.85. The van der Waals surface area contributed by atoms with E-state index in [-0.39, 0.29) is 35.5 Å². The monoisotopic (exact) mass is 695 g/mol. The summed E-state index contributed by atoms with van der Waals surface area (Å²) in [5.41, 5.74) is 2.55. The van der Waals surface area contributed by atoms with Gasteiger partial charge in [0.15, 0.2) is 0 Å². The fraction of sp³-hybridized carbons (Fsp3) is 0.235. The van der Waals surface area contributed by atoms with Gasteiger partial charge in [0.1, 0.15) is 12.6 Å². The van der Waals surface area contributed by atoms with Gasteiger partial charge in [0, 0.05) is 28.5 Å². The number of nitrogens with zero attached hydrogens (tertiary/aromatic N) is 2. The van der Waals surface area contributed by atoms with Crippen LogP contribution in [0.5, 0.6) is 0 Å². The molecule has 0 heterocycles. The van der Waals surface area contributed by atoms with Gasteiger partial charge in [0.05, 0.1) is 10.6 Å². The van der Waals surface area contributed by atoms with E-state index in [0.717, 1.165) is 19.9 Å². The third-order valence-corrected chi connectivity index (χ3v) is 9.50. The number of halogens is 2. The lowest BCUT2D eigenvalue weighted by Crippen LogP contribution is -2.54. The topological polar surface area (TPSA) is 86.8 Å². The Morgan fingerprint density at radius 2 is 1.50 bits per heavy atom. The Bertz CT molecular complexity index is 1700. The highest BCUT2D eigenvalue weighted by Gasteiger charge is 2.35. The lowest BCUT2D eigenvalue weighted by atomic mass is 10.0. The summed E-state index contributed by atoms with van der Waals surface area (Å²) in [7, 11) is -4.21. The molecule has 0 aromatic heterocycles. The number of carbonyl (C=O) groups excluding carboxylic acids is 2. The summed E-state index contributed by atoms with van der Waals surface area (Å²) < 4.78 is 30.1. The molecule has 1 N–H and O–H groups in total. The largest absolute Gasteiger partial charge is 0.352 e. The highest BCUT2D eigenvalue weighted by atomic mass is 79.9. The van der Waals surface area contributed by atoms with E-state index in [4.69, 9.17) is 11.6 Å². The van der Waals surface area contributed by atoms with Gasteiger partial charge in [-0.1, -0.05) is 94.3 Å². The molecule has 10 heteroatoms. The molecule has 0 saturated carbocycles. The van der Waals surface area contributed by atoms with E-state index < -0.39 is 28.5 Å². The number of sulfonamides is 1. The van der Waals surface area contributed by atoms with Crippen molar-refractivity contribution in [2.24, 2.45) is 0 Å². The maximum Gasteiger partial charge on any atom is 0.264 e. The first-order valence-corrected chi connectivity index (χ1v) is 16.8. The van der Waals surface area contributed by atoms with Crippen LogP contribution in [0.2, 0.25) is 5.02 Å². The molecule has 1 unspecified atom stereocenters. The summed E-state index contributed by atoms with van der Waals surface area (Å²) in [6.07, 6.45) is 0.237. The van der Waals surface area contributed by atoms with Crippen molar-refractivity contribution < 1.29 is 18.0 Å². The van der Waals surface area contributed by atoms with E-state index in [0.29, 0.717) is 10.6 Å². The third kappa shape index (κ3) is 8.49. The standard InChI is InChI=1S/C34H35BrClN3O4S/c1-24(2)37-34(41)32(20-26-11-6-4-7-12-26)38(22-27-13-10-14-28(35)19-27)33(40)23-39(31-21-29(36)18-17-25(31)3)44(42,43)30-15-8-5-9-16-30/h4-19,21,24,32H,20,22-23H2,1-3H3,(H,37,41). The number of aryl methyl sites for hydroxylation is 1. The van der Waals surface area contributed by atoms with Gasteiger partial charge in [-0.2, -0.15) is 0 Å². The smallest absolute Gasteiger partial charge is 0.264 e. The zero-order chi connectivity index (χ0) is 31.9. The summed E-state index contributed by atoms with van der Waals surface area (Å²) in [4.78, 5) is 29.8. The van der Waals surface area contributed by atoms with Crippen LogP contribution >= 0.6 is 27.5 Å². The molecule has 0 aliphatic rings. The van der Waals surface area contributed by atoms with Gasteiger partial charge in [-0.25, -0.2) is 8.42 Å². The van der Waals surface area contributed by atoms with E-state index in [2.05, 4.69) is 21.2 Å². The Balaban J connectivity index is 1.83. The van der Waals surface area contributed by atoms with Crippen LogP contribution in [0, 0.1) is 6.92 Å². The van der Waals surface area contributed by atoms with Crippen LogP contribution in [-0.4, -0.2) is 43.8 Å². The maximum atomic E-state index is 14.5. The molecular formula is C34H35BrClN3O4S. The summed E-state index contributed by atoms with van der Waals surface area (Å²) in [6.45, 7) is 5.00. The quantitative estimate of drug-likeness (QED) is 0.177. The van der Waals surface area contributed by atoms with Gasteiger partial charge in [-0.15, -0.1) is 0 Å². The molecule has 7 nitrogen and oxygen atoms in total. The number of rotatable bonds is 12. The van der Waals surface area contributed by atoms with Crippen LogP contribution in [0.4, 0.5) is 5.69 Å². The molecule has 0 fully saturated rings. The predicted molar refractivity (Wildman–Crippen MR) is 179 cm³/mol. The second kappa shape index (κ2) is 14.9. The number of hydrogen-bond donors (Lipinski definition) is 1. The Kier molecular flexibility index (Phi) is 11.2. The normalized spacial score (nSPS) is 12.0. The lowest BCUT2D eigenvalue weighted by Gasteiger charge is -2.34. The first kappa shape index (κ1) is 33.2. The Labute approximate surface area is 273 Å². The van der Waals surface area contributed by atoms with Crippen molar-refractivity contribution in [3.63, 3.8) is 0 Å². The molecule has 230 valence electrons. The minimum atomic E-state index is -4.21. The Morgan fingerprint density at radius 3 is 2.14 bits per heavy atom. The first-order valence-electron chi connectivity index (χ1n) is 14.2. The number of anilines is 1. The molecule has 4 aromatic carbocycles. The average Bonchev–Trinajstić information content (AvgIpc) is 2.99. The van der Waals surface area contributed by atoms with Crippen molar-refractivity contribution in [2.45, 2.75) is 50.7 Å². The highest BCUT2D eigenvalue weighted by molar-refractivity contribution is 9.10. The third-order valence-electron chi connectivity index (χ3n) is 6.99. The molecule has 0 saturated heterocycles. The number of nitrogens with one attached hydrogen (secondary N) is 1. The summed E-state index contributed by atoms with van der Waals surface area (Å²) in [5.74, 6) is -0.868. The van der Waals surface area contributed by atoms with Crippen molar-refractivity contribution in [3.8, 4) is 0 Å². The zero-order valence-corrected chi connectivity index (χ0v) is 27.9. The molecule has 0 radical (unpaired) electrons. The van der Waals surface area contributed by atoms with E-state index in [1.54, 1.807) is 37.3 Å². The number of hydrogen-bond acceptors (Lipinski definition) is 4. The van der Waals surface area contributed by atoms with Crippen molar-refractivity contribution in [1.82, 2.24) is 10.2 Å². The first-order chi connectivity index (χ1) is 21.0. The fourth-order valence-corrected chi connectivity index (χ4v) is 6.96. The molecule has 0 spiro atoms. The summed E-state index contributed by atoms with van der Waals surface area (Å²) in [6, 6.07) is 28.7. The molecule has 1 atom stereocenters. The van der Waals surface area contributed by atoms with Crippen LogP contribution in [0.1, 0.15) is 30.5 Å². The van der Waals surface area contributed by atoms with E-state index in [9.17, 15) is 18.0 Å². The minimum absolute atomic E-state index is 0.0316. The molecule has 2 amide bonds. The molecule has 0 aliphatic heterocycles. The van der Waals surface area contributed by atoms with Crippen LogP contribution < -0.4 is 9.62 Å². The van der Waals surface area contributed by atoms with Crippen molar-refractivity contribution in [2.75, 3.05) is 10.8 Å². The number of carbonyl (C=O) groups is 2. The summed E-state index contributed by atoms with van der Waals surface area (Å²) in [5, 5.41) is 3.29. The van der Waals surface area contributed by atoms with Crippen LogP contribution in [0.15, 0.2) is 112 Å². The molecular weight excluding hydrogens is 662 g/mol. The second-order valence-corrected chi connectivity index (χ2v) is 14.0. The van der Waals surface area contributed by atoms with Crippen LogP contribution in [-0.2, 0) is 32.6 Å². The molecule has 0 aliphatic carbocycles. The van der Waals surface area contributed by atoms with Crippen LogP contribution in [0.3, 0.4) is 0 Å². The average molecular weight is 697 g/mol. The van der Waals surface area contributed by atoms with Gasteiger partial charge in [0.25, 0.3) is 10.0 Å². The number of amides is 2. The maximum absolute atomic E-state index is 14.5. The van der Waals surface area contributed by atoms with Gasteiger partial charge < -0.3 is 10.2 Å².